The summed E-state index contributed by atoms with van der Waals surface area (Å²) in [6.07, 6.45) is 1.25. The first-order valence-corrected chi connectivity index (χ1v) is 4.65. The smallest absolute Gasteiger partial charge is 0.197 e. The van der Waals surface area contributed by atoms with E-state index in [-0.39, 0.29) is 17.4 Å². The van der Waals surface area contributed by atoms with Gasteiger partial charge in [0.05, 0.1) is 0 Å². The highest BCUT2D eigenvalue weighted by Crippen LogP contribution is 2.35. The maximum absolute atomic E-state index is 10.4. The fourth-order valence-electron chi connectivity index (χ4n) is 0.415. The molecule has 1 N–H and O–H groups in total. The minimum Gasteiger partial charge on any atom is -0.344 e. The maximum atomic E-state index is 10.4. The molecule has 4 heteroatoms. The van der Waals surface area contributed by atoms with Gasteiger partial charge in [0.1, 0.15) is 0 Å². The van der Waals surface area contributed by atoms with Crippen molar-refractivity contribution in [2.45, 2.75) is 13.3 Å². The van der Waals surface area contributed by atoms with Gasteiger partial charge in [0, 0.05) is 12.8 Å². The van der Waals surface area contributed by atoms with Crippen LogP contribution in [0.2, 0.25) is 0 Å². The molecule has 0 aliphatic carbocycles. The molecular weight excluding hydrogens is 138 g/mol. The number of hydrogen-bond donors (Lipinski definition) is 1. The van der Waals surface area contributed by atoms with Gasteiger partial charge in [-0.05, 0) is 6.42 Å². The van der Waals surface area contributed by atoms with Crippen molar-refractivity contribution >= 4 is 24.7 Å². The van der Waals surface area contributed by atoms with E-state index in [2.05, 4.69) is 0 Å². The van der Waals surface area contributed by atoms with E-state index in [1.165, 1.54) is 6.66 Å². The van der Waals surface area contributed by atoms with Crippen LogP contribution < -0.4 is 0 Å². The van der Waals surface area contributed by atoms with Gasteiger partial charge >= 0.3 is 0 Å². The first-order valence-electron chi connectivity index (χ1n) is 2.35. The fraction of sp³-hybridized carbons (Fsp3) is 1.00. The zero-order chi connectivity index (χ0) is 5.91. The first kappa shape index (κ1) is 11.5. The van der Waals surface area contributed by atoms with Gasteiger partial charge in [-0.3, -0.25) is 4.57 Å². The summed E-state index contributed by atoms with van der Waals surface area (Å²) < 4.78 is 10.4. The van der Waals surface area contributed by atoms with Gasteiger partial charge in [-0.25, -0.2) is 0 Å². The molecule has 0 saturated heterocycles. The van der Waals surface area contributed by atoms with E-state index in [1.54, 1.807) is 0 Å². The van der Waals surface area contributed by atoms with Crippen LogP contribution in [0.1, 0.15) is 13.3 Å². The minimum atomic E-state index is -2.67. The molecule has 0 fully saturated rings. The van der Waals surface area contributed by atoms with Gasteiger partial charge in [0.2, 0.25) is 0 Å². The highest BCUT2D eigenvalue weighted by molar-refractivity contribution is 7.57. The molecule has 50 valence electrons. The van der Waals surface area contributed by atoms with E-state index >= 15 is 0 Å². The lowest BCUT2D eigenvalue weighted by atomic mass is 10.6. The minimum absolute atomic E-state index is 0. The van der Waals surface area contributed by atoms with Crippen molar-refractivity contribution in [1.29, 1.82) is 0 Å². The van der Waals surface area contributed by atoms with Crippen LogP contribution in [0.15, 0.2) is 0 Å². The molecule has 0 aliphatic rings. The van der Waals surface area contributed by atoms with E-state index < -0.39 is 7.37 Å². The van der Waals surface area contributed by atoms with Crippen molar-refractivity contribution in [1.82, 2.24) is 0 Å². The average molecular weight is 152 g/mol. The second-order valence-electron chi connectivity index (χ2n) is 1.77. The van der Waals surface area contributed by atoms with Gasteiger partial charge < -0.3 is 4.89 Å². The van der Waals surface area contributed by atoms with Crippen LogP contribution in [0.25, 0.3) is 0 Å². The molecule has 0 saturated carbocycles. The van der Waals surface area contributed by atoms with Gasteiger partial charge in [-0.1, -0.05) is 6.92 Å². The zero-order valence-electron chi connectivity index (χ0n) is 4.72. The first-order chi connectivity index (χ1) is 3.06. The van der Waals surface area contributed by atoms with Crippen LogP contribution in [0.4, 0.5) is 0 Å². The summed E-state index contributed by atoms with van der Waals surface area (Å²) in [4.78, 5) is 8.57. The molecule has 0 rings (SSSR count). The van der Waals surface area contributed by atoms with Crippen LogP contribution in [-0.4, -0.2) is 35.1 Å². The standard InChI is InChI=1S/C4H11O2P.Al.3H/c1-3-4-7(2,5)6;;;;/h3-4H2,1-2H3,(H,5,6);;;;. The van der Waals surface area contributed by atoms with Crippen LogP contribution in [0.3, 0.4) is 0 Å². The molecule has 0 aliphatic heterocycles. The predicted molar refractivity (Wildman–Crippen MR) is 40.8 cm³/mol. The zero-order valence-corrected chi connectivity index (χ0v) is 5.61. The second-order valence-corrected chi connectivity index (χ2v) is 4.32. The lowest BCUT2D eigenvalue weighted by Gasteiger charge is -1.98. The molecule has 8 heavy (non-hydrogen) atoms. The van der Waals surface area contributed by atoms with E-state index in [0.717, 1.165) is 6.42 Å². The third kappa shape index (κ3) is 9.87. The Labute approximate surface area is 60.9 Å². The largest absolute Gasteiger partial charge is 0.344 e. The van der Waals surface area contributed by atoms with E-state index in [9.17, 15) is 4.57 Å². The maximum Gasteiger partial charge on any atom is 0.197 e. The molecule has 0 heterocycles. The Hall–Kier alpha value is 0.722. The fourth-order valence-corrected chi connectivity index (χ4v) is 1.24. The quantitative estimate of drug-likeness (QED) is 0.450. The van der Waals surface area contributed by atoms with Gasteiger partial charge in [0.25, 0.3) is 0 Å². The Morgan fingerprint density at radius 3 is 2.00 bits per heavy atom. The molecule has 1 unspecified atom stereocenters. The van der Waals surface area contributed by atoms with E-state index in [4.69, 9.17) is 4.89 Å². The topological polar surface area (TPSA) is 37.3 Å². The lowest BCUT2D eigenvalue weighted by Crippen LogP contribution is -1.81. The Bertz CT molecular complexity index is 88.0. The SMILES string of the molecule is CCCP(C)(=O)O.[AlH3]. The monoisotopic (exact) mass is 152 g/mol. The third-order valence-corrected chi connectivity index (χ3v) is 1.92. The summed E-state index contributed by atoms with van der Waals surface area (Å²) in [5, 5.41) is 0. The van der Waals surface area contributed by atoms with Crippen molar-refractivity contribution in [3.63, 3.8) is 0 Å². The van der Waals surface area contributed by atoms with Crippen LogP contribution in [0, 0.1) is 0 Å². The third-order valence-electron chi connectivity index (χ3n) is 0.639. The van der Waals surface area contributed by atoms with Crippen molar-refractivity contribution in [3.8, 4) is 0 Å². The summed E-state index contributed by atoms with van der Waals surface area (Å²) in [6.45, 7) is 3.28. The Morgan fingerprint density at radius 2 is 2.00 bits per heavy atom. The lowest BCUT2D eigenvalue weighted by molar-refractivity contribution is 0.484. The van der Waals surface area contributed by atoms with Gasteiger partial charge in [-0.15, -0.1) is 0 Å². The van der Waals surface area contributed by atoms with Crippen LogP contribution in [-0.2, 0) is 4.57 Å². The molecule has 1 atom stereocenters. The Balaban J connectivity index is 0. The molecule has 0 aromatic rings. The molecule has 0 aromatic heterocycles. The molecule has 2 nitrogen and oxygen atoms in total. The van der Waals surface area contributed by atoms with E-state index in [0.29, 0.717) is 6.16 Å². The van der Waals surface area contributed by atoms with Gasteiger partial charge in [-0.2, -0.15) is 0 Å². The van der Waals surface area contributed by atoms with Crippen molar-refractivity contribution in [2.24, 2.45) is 0 Å². The van der Waals surface area contributed by atoms with Crippen molar-refractivity contribution in [3.05, 3.63) is 0 Å². The summed E-state index contributed by atoms with van der Waals surface area (Å²) in [7, 11) is -2.67. The van der Waals surface area contributed by atoms with Crippen LogP contribution in [0.5, 0.6) is 0 Å². The molecule has 0 aromatic carbocycles. The second kappa shape index (κ2) is 4.59. The number of rotatable bonds is 2. The molecular formula is C4H14AlO2P. The highest BCUT2D eigenvalue weighted by Gasteiger charge is 2.04. The summed E-state index contributed by atoms with van der Waals surface area (Å²) in [5.41, 5.74) is 0. The van der Waals surface area contributed by atoms with Crippen molar-refractivity contribution < 1.29 is 9.46 Å². The summed E-state index contributed by atoms with van der Waals surface area (Å²) >= 11 is 0. The average Bonchev–Trinajstić information content (AvgIpc) is 1.30. The molecule has 0 amide bonds. The van der Waals surface area contributed by atoms with Gasteiger partial charge in [0.15, 0.2) is 24.7 Å². The summed E-state index contributed by atoms with van der Waals surface area (Å²) in [6, 6.07) is 0. The van der Waals surface area contributed by atoms with Crippen LogP contribution >= 0.6 is 7.37 Å². The van der Waals surface area contributed by atoms with E-state index in [1.807, 2.05) is 6.92 Å². The Morgan fingerprint density at radius 1 is 1.62 bits per heavy atom. The normalized spacial score (nSPS) is 16.4. The highest BCUT2D eigenvalue weighted by atomic mass is 31.2. The summed E-state index contributed by atoms with van der Waals surface area (Å²) in [5.74, 6) is 0. The molecule has 0 spiro atoms. The van der Waals surface area contributed by atoms with Crippen molar-refractivity contribution in [2.75, 3.05) is 12.8 Å². The predicted octanol–water partition coefficient (Wildman–Crippen LogP) is 0.113. The molecule has 0 radical (unpaired) electrons. The Kier molecular flexibility index (Phi) is 6.60. The molecule has 0 bridgehead atoms. The number of hydrogen-bond acceptors (Lipinski definition) is 1.